The second kappa shape index (κ2) is 5.52. The Hall–Kier alpha value is -1.06. The zero-order valence-electron chi connectivity index (χ0n) is 10.0. The molecular formula is C14H16BrNO. The van der Waals surface area contributed by atoms with Crippen molar-refractivity contribution in [3.8, 4) is 0 Å². The van der Waals surface area contributed by atoms with Crippen LogP contribution in [0.15, 0.2) is 45.5 Å². The number of furan rings is 1. The number of hydrogen-bond acceptors (Lipinski definition) is 2. The van der Waals surface area contributed by atoms with Gasteiger partial charge in [-0.1, -0.05) is 28.1 Å². The second-order valence-electron chi connectivity index (χ2n) is 4.20. The summed E-state index contributed by atoms with van der Waals surface area (Å²) in [6, 6.07) is 10.5. The molecule has 0 fully saturated rings. The van der Waals surface area contributed by atoms with Crippen molar-refractivity contribution in [1.29, 1.82) is 0 Å². The Bertz CT molecular complexity index is 479. The van der Waals surface area contributed by atoms with Crippen LogP contribution in [0.4, 0.5) is 0 Å². The van der Waals surface area contributed by atoms with E-state index in [1.165, 1.54) is 11.1 Å². The topological polar surface area (TPSA) is 25.2 Å². The summed E-state index contributed by atoms with van der Waals surface area (Å²) >= 11 is 3.51. The summed E-state index contributed by atoms with van der Waals surface area (Å²) in [5.74, 6) is 0.971. The lowest BCUT2D eigenvalue weighted by Crippen LogP contribution is -2.17. The van der Waals surface area contributed by atoms with Gasteiger partial charge in [-0.2, -0.15) is 0 Å². The first-order valence-electron chi connectivity index (χ1n) is 5.68. The van der Waals surface area contributed by atoms with Crippen LogP contribution in [-0.2, 0) is 6.54 Å². The minimum atomic E-state index is 0.231. The molecule has 1 aromatic heterocycles. The van der Waals surface area contributed by atoms with Crippen LogP contribution in [0.2, 0.25) is 0 Å². The third kappa shape index (κ3) is 3.20. The van der Waals surface area contributed by atoms with E-state index in [1.807, 2.05) is 12.1 Å². The van der Waals surface area contributed by atoms with Crippen LogP contribution in [0, 0.1) is 6.92 Å². The molecule has 90 valence electrons. The molecule has 0 amide bonds. The van der Waals surface area contributed by atoms with Gasteiger partial charge < -0.3 is 9.73 Å². The fourth-order valence-corrected chi connectivity index (χ4v) is 1.97. The minimum Gasteiger partial charge on any atom is -0.468 e. The van der Waals surface area contributed by atoms with Gasteiger partial charge in [-0.3, -0.25) is 0 Å². The minimum absolute atomic E-state index is 0.231. The van der Waals surface area contributed by atoms with E-state index in [1.54, 1.807) is 6.26 Å². The lowest BCUT2D eigenvalue weighted by atomic mass is 10.1. The highest BCUT2D eigenvalue weighted by molar-refractivity contribution is 9.10. The number of hydrogen-bond donors (Lipinski definition) is 1. The SMILES string of the molecule is Cc1cc(CN[C@H](C)c2ccco2)ccc1Br. The summed E-state index contributed by atoms with van der Waals surface area (Å²) < 4.78 is 6.51. The lowest BCUT2D eigenvalue weighted by molar-refractivity contribution is 0.430. The molecule has 2 aromatic rings. The summed E-state index contributed by atoms with van der Waals surface area (Å²) in [4.78, 5) is 0. The Morgan fingerprint density at radius 3 is 2.82 bits per heavy atom. The fraction of sp³-hybridized carbons (Fsp3) is 0.286. The van der Waals surface area contributed by atoms with Crippen LogP contribution in [0.1, 0.15) is 29.9 Å². The molecule has 17 heavy (non-hydrogen) atoms. The quantitative estimate of drug-likeness (QED) is 0.914. The van der Waals surface area contributed by atoms with Crippen molar-refractivity contribution >= 4 is 15.9 Å². The molecule has 0 radical (unpaired) electrons. The molecule has 1 N–H and O–H groups in total. The summed E-state index contributed by atoms with van der Waals surface area (Å²) in [7, 11) is 0. The Morgan fingerprint density at radius 1 is 1.35 bits per heavy atom. The molecule has 1 aromatic carbocycles. The van der Waals surface area contributed by atoms with Gasteiger partial charge in [0.05, 0.1) is 12.3 Å². The van der Waals surface area contributed by atoms with Gasteiger partial charge in [-0.25, -0.2) is 0 Å². The van der Waals surface area contributed by atoms with E-state index < -0.39 is 0 Å². The molecule has 0 saturated heterocycles. The highest BCUT2D eigenvalue weighted by Gasteiger charge is 2.07. The van der Waals surface area contributed by atoms with Gasteiger partial charge in [-0.05, 0) is 43.2 Å². The summed E-state index contributed by atoms with van der Waals surface area (Å²) in [5.41, 5.74) is 2.54. The predicted molar refractivity (Wildman–Crippen MR) is 72.8 cm³/mol. The van der Waals surface area contributed by atoms with Gasteiger partial charge in [0.25, 0.3) is 0 Å². The van der Waals surface area contributed by atoms with Gasteiger partial charge in [0.2, 0.25) is 0 Å². The summed E-state index contributed by atoms with van der Waals surface area (Å²) in [6.07, 6.45) is 1.71. The van der Waals surface area contributed by atoms with E-state index in [0.717, 1.165) is 16.8 Å². The predicted octanol–water partition coefficient (Wildman–Crippen LogP) is 4.20. The van der Waals surface area contributed by atoms with Crippen molar-refractivity contribution in [2.24, 2.45) is 0 Å². The van der Waals surface area contributed by atoms with E-state index in [9.17, 15) is 0 Å². The smallest absolute Gasteiger partial charge is 0.120 e. The van der Waals surface area contributed by atoms with Crippen molar-refractivity contribution in [3.63, 3.8) is 0 Å². The first-order valence-corrected chi connectivity index (χ1v) is 6.48. The molecular weight excluding hydrogens is 278 g/mol. The van der Waals surface area contributed by atoms with Crippen molar-refractivity contribution in [3.05, 3.63) is 58.0 Å². The third-order valence-electron chi connectivity index (χ3n) is 2.80. The monoisotopic (exact) mass is 293 g/mol. The fourth-order valence-electron chi connectivity index (χ4n) is 1.73. The van der Waals surface area contributed by atoms with Gasteiger partial charge in [0.1, 0.15) is 5.76 Å². The zero-order chi connectivity index (χ0) is 12.3. The van der Waals surface area contributed by atoms with E-state index in [0.29, 0.717) is 0 Å². The molecule has 2 nitrogen and oxygen atoms in total. The normalized spacial score (nSPS) is 12.6. The van der Waals surface area contributed by atoms with E-state index in [2.05, 4.69) is 53.3 Å². The van der Waals surface area contributed by atoms with Crippen molar-refractivity contribution in [2.75, 3.05) is 0 Å². The van der Waals surface area contributed by atoms with E-state index >= 15 is 0 Å². The molecule has 0 bridgehead atoms. The molecule has 0 aliphatic carbocycles. The molecule has 0 spiro atoms. The number of benzene rings is 1. The maximum Gasteiger partial charge on any atom is 0.120 e. The average Bonchev–Trinajstić information content (AvgIpc) is 2.84. The molecule has 0 unspecified atom stereocenters. The molecule has 3 heteroatoms. The molecule has 0 aliphatic heterocycles. The molecule has 1 atom stereocenters. The van der Waals surface area contributed by atoms with Crippen LogP contribution in [0.3, 0.4) is 0 Å². The average molecular weight is 294 g/mol. The number of aryl methyl sites for hydroxylation is 1. The van der Waals surface area contributed by atoms with E-state index in [-0.39, 0.29) is 6.04 Å². The largest absolute Gasteiger partial charge is 0.468 e. The zero-order valence-corrected chi connectivity index (χ0v) is 11.6. The lowest BCUT2D eigenvalue weighted by Gasteiger charge is -2.12. The molecule has 0 saturated carbocycles. The maximum absolute atomic E-state index is 5.36. The molecule has 0 aliphatic rings. The Kier molecular flexibility index (Phi) is 4.02. The third-order valence-corrected chi connectivity index (χ3v) is 3.69. The Morgan fingerprint density at radius 2 is 2.18 bits per heavy atom. The van der Waals surface area contributed by atoms with Gasteiger partial charge in [0.15, 0.2) is 0 Å². The van der Waals surface area contributed by atoms with Gasteiger partial charge in [-0.15, -0.1) is 0 Å². The highest BCUT2D eigenvalue weighted by Crippen LogP contribution is 2.18. The van der Waals surface area contributed by atoms with Crippen LogP contribution >= 0.6 is 15.9 Å². The van der Waals surface area contributed by atoms with Gasteiger partial charge in [0, 0.05) is 11.0 Å². The van der Waals surface area contributed by atoms with Crippen LogP contribution in [0.5, 0.6) is 0 Å². The van der Waals surface area contributed by atoms with Crippen molar-refractivity contribution < 1.29 is 4.42 Å². The van der Waals surface area contributed by atoms with Crippen LogP contribution in [-0.4, -0.2) is 0 Å². The first-order chi connectivity index (χ1) is 8.16. The molecule has 1 heterocycles. The van der Waals surface area contributed by atoms with Gasteiger partial charge >= 0.3 is 0 Å². The molecule has 2 rings (SSSR count). The number of halogens is 1. The van der Waals surface area contributed by atoms with Crippen LogP contribution < -0.4 is 5.32 Å². The maximum atomic E-state index is 5.36. The standard InChI is InChI=1S/C14H16BrNO/c1-10-8-12(5-6-13(10)15)9-16-11(2)14-4-3-7-17-14/h3-8,11,16H,9H2,1-2H3/t11-/m1/s1. The number of rotatable bonds is 4. The Balaban J connectivity index is 1.96. The first kappa shape index (κ1) is 12.4. The highest BCUT2D eigenvalue weighted by atomic mass is 79.9. The Labute approximate surface area is 110 Å². The van der Waals surface area contributed by atoms with Crippen LogP contribution in [0.25, 0.3) is 0 Å². The van der Waals surface area contributed by atoms with Crippen molar-refractivity contribution in [1.82, 2.24) is 5.32 Å². The van der Waals surface area contributed by atoms with Crippen molar-refractivity contribution in [2.45, 2.75) is 26.4 Å². The number of nitrogens with one attached hydrogen (secondary N) is 1. The summed E-state index contributed by atoms with van der Waals surface area (Å²) in [5, 5.41) is 3.44. The van der Waals surface area contributed by atoms with E-state index in [4.69, 9.17) is 4.42 Å². The summed E-state index contributed by atoms with van der Waals surface area (Å²) in [6.45, 7) is 5.05. The second-order valence-corrected chi connectivity index (χ2v) is 5.06.